The van der Waals surface area contributed by atoms with Crippen molar-refractivity contribution >= 4 is 5.91 Å². The predicted molar refractivity (Wildman–Crippen MR) is 55.1 cm³/mol. The number of amides is 1. The van der Waals surface area contributed by atoms with Crippen molar-refractivity contribution in [3.63, 3.8) is 0 Å². The van der Waals surface area contributed by atoms with Crippen molar-refractivity contribution in [2.75, 3.05) is 6.54 Å². The van der Waals surface area contributed by atoms with Gasteiger partial charge in [0.15, 0.2) is 0 Å². The molecule has 13 heavy (non-hydrogen) atoms. The summed E-state index contributed by atoms with van der Waals surface area (Å²) in [5, 5.41) is 2.87. The van der Waals surface area contributed by atoms with E-state index in [1.165, 1.54) is 0 Å². The molecule has 0 aliphatic rings. The van der Waals surface area contributed by atoms with Gasteiger partial charge in [0, 0.05) is 18.4 Å². The van der Waals surface area contributed by atoms with Crippen LogP contribution in [-0.2, 0) is 4.79 Å². The molecular formula is C11H19NO. The first kappa shape index (κ1) is 12.0. The van der Waals surface area contributed by atoms with Crippen LogP contribution in [-0.4, -0.2) is 12.5 Å². The number of nitrogens with one attached hydrogen (secondary N) is 1. The zero-order valence-electron chi connectivity index (χ0n) is 9.03. The Labute approximate surface area is 81.1 Å². The second-order valence-corrected chi connectivity index (χ2v) is 3.67. The van der Waals surface area contributed by atoms with E-state index in [0.29, 0.717) is 6.54 Å². The standard InChI is InChI=1S/C11H19NO/c1-5-7-8-9-12-10(13)11(3,4)6-2/h6,8-9H2,1-4H3,(H,12,13). The Morgan fingerprint density at radius 1 is 1.46 bits per heavy atom. The van der Waals surface area contributed by atoms with E-state index in [4.69, 9.17) is 0 Å². The molecular weight excluding hydrogens is 162 g/mol. The third-order valence-corrected chi connectivity index (χ3v) is 2.21. The van der Waals surface area contributed by atoms with Gasteiger partial charge in [-0.3, -0.25) is 4.79 Å². The van der Waals surface area contributed by atoms with Crippen LogP contribution in [0.3, 0.4) is 0 Å². The third-order valence-electron chi connectivity index (χ3n) is 2.21. The molecule has 0 saturated carbocycles. The first-order valence-electron chi connectivity index (χ1n) is 4.72. The molecule has 0 fully saturated rings. The zero-order valence-corrected chi connectivity index (χ0v) is 9.03. The largest absolute Gasteiger partial charge is 0.355 e. The minimum absolute atomic E-state index is 0.118. The first-order chi connectivity index (χ1) is 6.04. The molecule has 2 nitrogen and oxygen atoms in total. The lowest BCUT2D eigenvalue weighted by atomic mass is 9.89. The quantitative estimate of drug-likeness (QED) is 0.521. The van der Waals surface area contributed by atoms with Gasteiger partial charge < -0.3 is 5.32 Å². The van der Waals surface area contributed by atoms with Gasteiger partial charge in [-0.15, -0.1) is 11.8 Å². The maximum atomic E-state index is 11.5. The molecule has 0 heterocycles. The van der Waals surface area contributed by atoms with Gasteiger partial charge in [-0.1, -0.05) is 20.8 Å². The highest BCUT2D eigenvalue weighted by Gasteiger charge is 2.24. The van der Waals surface area contributed by atoms with Crippen molar-refractivity contribution in [3.05, 3.63) is 0 Å². The lowest BCUT2D eigenvalue weighted by Gasteiger charge is -2.20. The summed E-state index contributed by atoms with van der Waals surface area (Å²) in [4.78, 5) is 11.5. The molecule has 1 N–H and O–H groups in total. The molecule has 0 rings (SSSR count). The molecule has 1 amide bonds. The zero-order chi connectivity index (χ0) is 10.3. The SMILES string of the molecule is CC#CCCNC(=O)C(C)(C)CC. The smallest absolute Gasteiger partial charge is 0.225 e. The molecule has 0 aliphatic carbocycles. The molecule has 0 spiro atoms. The second-order valence-electron chi connectivity index (χ2n) is 3.67. The minimum Gasteiger partial charge on any atom is -0.355 e. The number of rotatable bonds is 4. The highest BCUT2D eigenvalue weighted by atomic mass is 16.2. The third kappa shape index (κ3) is 4.57. The van der Waals surface area contributed by atoms with Crippen LogP contribution in [0, 0.1) is 17.3 Å². The Morgan fingerprint density at radius 3 is 2.54 bits per heavy atom. The minimum atomic E-state index is -0.250. The molecule has 0 aromatic rings. The topological polar surface area (TPSA) is 29.1 Å². The van der Waals surface area contributed by atoms with Gasteiger partial charge >= 0.3 is 0 Å². The summed E-state index contributed by atoms with van der Waals surface area (Å²) >= 11 is 0. The summed E-state index contributed by atoms with van der Waals surface area (Å²) in [6, 6.07) is 0. The molecule has 0 radical (unpaired) electrons. The van der Waals surface area contributed by atoms with E-state index < -0.39 is 0 Å². The van der Waals surface area contributed by atoms with Gasteiger partial charge in [-0.25, -0.2) is 0 Å². The van der Waals surface area contributed by atoms with Crippen LogP contribution in [0.25, 0.3) is 0 Å². The Hall–Kier alpha value is -0.970. The number of hydrogen-bond acceptors (Lipinski definition) is 1. The van der Waals surface area contributed by atoms with Gasteiger partial charge in [0.25, 0.3) is 0 Å². The fourth-order valence-electron chi connectivity index (χ4n) is 0.763. The Balaban J connectivity index is 3.79. The van der Waals surface area contributed by atoms with Crippen LogP contribution in [0.2, 0.25) is 0 Å². The van der Waals surface area contributed by atoms with Crippen LogP contribution in [0.5, 0.6) is 0 Å². The van der Waals surface area contributed by atoms with Crippen molar-refractivity contribution in [2.24, 2.45) is 5.41 Å². The van der Waals surface area contributed by atoms with Crippen molar-refractivity contribution in [3.8, 4) is 11.8 Å². The number of hydrogen-bond donors (Lipinski definition) is 1. The van der Waals surface area contributed by atoms with Gasteiger partial charge in [-0.2, -0.15) is 0 Å². The molecule has 0 saturated heterocycles. The molecule has 0 aromatic carbocycles. The van der Waals surface area contributed by atoms with Gasteiger partial charge in [-0.05, 0) is 13.3 Å². The van der Waals surface area contributed by atoms with Crippen molar-refractivity contribution in [1.82, 2.24) is 5.32 Å². The van der Waals surface area contributed by atoms with E-state index >= 15 is 0 Å². The molecule has 0 atom stereocenters. The van der Waals surface area contributed by atoms with E-state index in [1.54, 1.807) is 6.92 Å². The number of carbonyl (C=O) groups excluding carboxylic acids is 1. The average Bonchev–Trinajstić information content (AvgIpc) is 2.12. The van der Waals surface area contributed by atoms with Crippen molar-refractivity contribution in [2.45, 2.75) is 40.5 Å². The van der Waals surface area contributed by atoms with Crippen LogP contribution >= 0.6 is 0 Å². The predicted octanol–water partition coefficient (Wildman–Crippen LogP) is 1.95. The van der Waals surface area contributed by atoms with Crippen LogP contribution < -0.4 is 5.32 Å². The fourth-order valence-corrected chi connectivity index (χ4v) is 0.763. The highest BCUT2D eigenvalue weighted by Crippen LogP contribution is 2.18. The normalized spacial score (nSPS) is 10.2. The molecule has 0 aliphatic heterocycles. The lowest BCUT2D eigenvalue weighted by Crippen LogP contribution is -2.36. The number of carbonyl (C=O) groups is 1. The maximum absolute atomic E-state index is 11.5. The van der Waals surface area contributed by atoms with E-state index in [-0.39, 0.29) is 11.3 Å². The monoisotopic (exact) mass is 181 g/mol. The van der Waals surface area contributed by atoms with E-state index in [2.05, 4.69) is 17.2 Å². The Kier molecular flexibility index (Phi) is 5.22. The summed E-state index contributed by atoms with van der Waals surface area (Å²) in [5.74, 6) is 5.82. The molecule has 0 unspecified atom stereocenters. The molecule has 0 aromatic heterocycles. The first-order valence-corrected chi connectivity index (χ1v) is 4.72. The van der Waals surface area contributed by atoms with Gasteiger partial charge in [0.2, 0.25) is 5.91 Å². The summed E-state index contributed by atoms with van der Waals surface area (Å²) in [6.45, 7) is 8.38. The molecule has 0 bridgehead atoms. The molecule has 2 heteroatoms. The van der Waals surface area contributed by atoms with Crippen LogP contribution in [0.4, 0.5) is 0 Å². The molecule has 74 valence electrons. The Morgan fingerprint density at radius 2 is 2.08 bits per heavy atom. The van der Waals surface area contributed by atoms with Gasteiger partial charge in [0.05, 0.1) is 0 Å². The second kappa shape index (κ2) is 5.64. The maximum Gasteiger partial charge on any atom is 0.225 e. The van der Waals surface area contributed by atoms with E-state index in [9.17, 15) is 4.79 Å². The van der Waals surface area contributed by atoms with Crippen LogP contribution in [0.15, 0.2) is 0 Å². The summed E-state index contributed by atoms with van der Waals surface area (Å²) in [6.07, 6.45) is 1.60. The highest BCUT2D eigenvalue weighted by molar-refractivity contribution is 5.81. The van der Waals surface area contributed by atoms with Gasteiger partial charge in [0.1, 0.15) is 0 Å². The van der Waals surface area contributed by atoms with Crippen molar-refractivity contribution < 1.29 is 4.79 Å². The fraction of sp³-hybridized carbons (Fsp3) is 0.727. The van der Waals surface area contributed by atoms with E-state index in [0.717, 1.165) is 12.8 Å². The van der Waals surface area contributed by atoms with E-state index in [1.807, 2.05) is 20.8 Å². The summed E-state index contributed by atoms with van der Waals surface area (Å²) in [5.41, 5.74) is -0.250. The summed E-state index contributed by atoms with van der Waals surface area (Å²) in [7, 11) is 0. The lowest BCUT2D eigenvalue weighted by molar-refractivity contribution is -0.129. The Bertz CT molecular complexity index is 220. The van der Waals surface area contributed by atoms with Crippen LogP contribution in [0.1, 0.15) is 40.5 Å². The summed E-state index contributed by atoms with van der Waals surface area (Å²) < 4.78 is 0. The average molecular weight is 181 g/mol. The van der Waals surface area contributed by atoms with Crippen molar-refractivity contribution in [1.29, 1.82) is 0 Å².